The average Bonchev–Trinajstić information content (AvgIpc) is 2.18. The maximum atomic E-state index is 5.95. The standard InChI is InChI=1S/C13H19ClO/c1-9-8-13(15-4)10(2)7-12(9)6-5-11(3)14/h7-8,11H,5-6H2,1-4H3. The average molecular weight is 227 g/mol. The van der Waals surface area contributed by atoms with Gasteiger partial charge in [0, 0.05) is 5.38 Å². The van der Waals surface area contributed by atoms with Crippen molar-refractivity contribution >= 4 is 11.6 Å². The Kier molecular flexibility index (Phi) is 4.46. The summed E-state index contributed by atoms with van der Waals surface area (Å²) in [7, 11) is 1.71. The van der Waals surface area contributed by atoms with Crippen LogP contribution in [0.1, 0.15) is 30.0 Å². The molecule has 1 aromatic carbocycles. The molecule has 0 fully saturated rings. The van der Waals surface area contributed by atoms with Crippen LogP contribution in [0.3, 0.4) is 0 Å². The van der Waals surface area contributed by atoms with Crippen molar-refractivity contribution in [1.82, 2.24) is 0 Å². The summed E-state index contributed by atoms with van der Waals surface area (Å²) in [6.07, 6.45) is 2.06. The highest BCUT2D eigenvalue weighted by molar-refractivity contribution is 6.20. The third kappa shape index (κ3) is 3.42. The first-order valence-electron chi connectivity index (χ1n) is 5.32. The molecular weight excluding hydrogens is 208 g/mol. The van der Waals surface area contributed by atoms with E-state index in [2.05, 4.69) is 26.0 Å². The molecule has 1 rings (SSSR count). The highest BCUT2D eigenvalue weighted by Gasteiger charge is 2.06. The first-order chi connectivity index (χ1) is 7.04. The molecule has 0 N–H and O–H groups in total. The van der Waals surface area contributed by atoms with Gasteiger partial charge in [0.2, 0.25) is 0 Å². The van der Waals surface area contributed by atoms with Crippen LogP contribution in [0.5, 0.6) is 5.75 Å². The van der Waals surface area contributed by atoms with Gasteiger partial charge in [0.15, 0.2) is 0 Å². The minimum atomic E-state index is 0.242. The van der Waals surface area contributed by atoms with Gasteiger partial charge in [-0.05, 0) is 56.4 Å². The molecule has 1 unspecified atom stereocenters. The molecule has 84 valence electrons. The summed E-state index contributed by atoms with van der Waals surface area (Å²) in [5.74, 6) is 0.968. The van der Waals surface area contributed by atoms with E-state index >= 15 is 0 Å². The van der Waals surface area contributed by atoms with E-state index in [1.807, 2.05) is 6.92 Å². The summed E-state index contributed by atoms with van der Waals surface area (Å²) in [5.41, 5.74) is 3.86. The topological polar surface area (TPSA) is 9.23 Å². The van der Waals surface area contributed by atoms with Gasteiger partial charge in [0.05, 0.1) is 7.11 Å². The van der Waals surface area contributed by atoms with Gasteiger partial charge >= 0.3 is 0 Å². The third-order valence-corrected chi connectivity index (χ3v) is 2.88. The van der Waals surface area contributed by atoms with Crippen molar-refractivity contribution in [3.8, 4) is 5.75 Å². The van der Waals surface area contributed by atoms with Crippen molar-refractivity contribution in [3.63, 3.8) is 0 Å². The van der Waals surface area contributed by atoms with Crippen LogP contribution in [0.4, 0.5) is 0 Å². The molecule has 0 aromatic heterocycles. The summed E-state index contributed by atoms with van der Waals surface area (Å²) in [4.78, 5) is 0. The Labute approximate surface area is 97.4 Å². The van der Waals surface area contributed by atoms with Crippen LogP contribution < -0.4 is 4.74 Å². The number of hydrogen-bond acceptors (Lipinski definition) is 1. The summed E-state index contributed by atoms with van der Waals surface area (Å²) >= 11 is 5.95. The van der Waals surface area contributed by atoms with Crippen LogP contribution in [0.15, 0.2) is 12.1 Å². The molecule has 0 saturated carbocycles. The van der Waals surface area contributed by atoms with E-state index in [0.717, 1.165) is 18.6 Å². The lowest BCUT2D eigenvalue weighted by molar-refractivity contribution is 0.411. The van der Waals surface area contributed by atoms with E-state index in [9.17, 15) is 0 Å². The quantitative estimate of drug-likeness (QED) is 0.709. The molecule has 0 spiro atoms. The van der Waals surface area contributed by atoms with Crippen LogP contribution in [-0.2, 0) is 6.42 Å². The minimum Gasteiger partial charge on any atom is -0.496 e. The van der Waals surface area contributed by atoms with E-state index in [4.69, 9.17) is 16.3 Å². The number of methoxy groups -OCH3 is 1. The monoisotopic (exact) mass is 226 g/mol. The largest absolute Gasteiger partial charge is 0.496 e. The predicted molar refractivity (Wildman–Crippen MR) is 66.1 cm³/mol. The lowest BCUT2D eigenvalue weighted by Crippen LogP contribution is -1.98. The molecule has 0 amide bonds. The van der Waals surface area contributed by atoms with Gasteiger partial charge in [-0.25, -0.2) is 0 Å². The number of rotatable bonds is 4. The zero-order valence-electron chi connectivity index (χ0n) is 9.93. The molecular formula is C13H19ClO. The summed E-state index contributed by atoms with van der Waals surface area (Å²) in [5, 5.41) is 0.242. The Hall–Kier alpha value is -0.690. The number of benzene rings is 1. The van der Waals surface area contributed by atoms with Gasteiger partial charge in [0.25, 0.3) is 0 Å². The first-order valence-corrected chi connectivity index (χ1v) is 5.76. The summed E-state index contributed by atoms with van der Waals surface area (Å²) < 4.78 is 5.28. The SMILES string of the molecule is COc1cc(C)c(CCC(C)Cl)cc1C. The maximum Gasteiger partial charge on any atom is 0.122 e. The van der Waals surface area contributed by atoms with Crippen LogP contribution in [-0.4, -0.2) is 12.5 Å². The molecule has 0 aliphatic rings. The normalized spacial score (nSPS) is 12.6. The molecule has 0 aliphatic carbocycles. The van der Waals surface area contributed by atoms with Crippen LogP contribution in [0.25, 0.3) is 0 Å². The second-order valence-electron chi connectivity index (χ2n) is 4.07. The van der Waals surface area contributed by atoms with E-state index in [0.29, 0.717) is 0 Å². The van der Waals surface area contributed by atoms with Gasteiger partial charge in [-0.2, -0.15) is 0 Å². The van der Waals surface area contributed by atoms with Crippen molar-refractivity contribution in [2.75, 3.05) is 7.11 Å². The Morgan fingerprint density at radius 1 is 1.27 bits per heavy atom. The number of ether oxygens (including phenoxy) is 1. The zero-order valence-corrected chi connectivity index (χ0v) is 10.7. The van der Waals surface area contributed by atoms with Crippen molar-refractivity contribution in [2.24, 2.45) is 0 Å². The first kappa shape index (κ1) is 12.4. The lowest BCUT2D eigenvalue weighted by atomic mass is 10.00. The third-order valence-electron chi connectivity index (χ3n) is 2.66. The minimum absolute atomic E-state index is 0.242. The zero-order chi connectivity index (χ0) is 11.4. The molecule has 15 heavy (non-hydrogen) atoms. The number of halogens is 1. The molecule has 1 atom stereocenters. The van der Waals surface area contributed by atoms with Crippen molar-refractivity contribution < 1.29 is 4.74 Å². The van der Waals surface area contributed by atoms with E-state index in [-0.39, 0.29) is 5.38 Å². The molecule has 0 saturated heterocycles. The van der Waals surface area contributed by atoms with Crippen LogP contribution >= 0.6 is 11.6 Å². The lowest BCUT2D eigenvalue weighted by Gasteiger charge is -2.11. The maximum absolute atomic E-state index is 5.95. The van der Waals surface area contributed by atoms with Gasteiger partial charge in [-0.1, -0.05) is 6.07 Å². The van der Waals surface area contributed by atoms with Gasteiger partial charge in [-0.15, -0.1) is 11.6 Å². The number of aryl methyl sites for hydroxylation is 3. The molecule has 0 heterocycles. The van der Waals surface area contributed by atoms with E-state index in [1.54, 1.807) is 7.11 Å². The van der Waals surface area contributed by atoms with Crippen molar-refractivity contribution in [1.29, 1.82) is 0 Å². The highest BCUT2D eigenvalue weighted by atomic mass is 35.5. The van der Waals surface area contributed by atoms with Crippen LogP contribution in [0, 0.1) is 13.8 Å². The van der Waals surface area contributed by atoms with Gasteiger partial charge < -0.3 is 4.74 Å². The highest BCUT2D eigenvalue weighted by Crippen LogP contribution is 2.23. The molecule has 0 bridgehead atoms. The van der Waals surface area contributed by atoms with Crippen molar-refractivity contribution in [3.05, 3.63) is 28.8 Å². The second-order valence-corrected chi connectivity index (χ2v) is 4.81. The molecule has 0 aliphatic heterocycles. The Morgan fingerprint density at radius 3 is 2.47 bits per heavy atom. The second kappa shape index (κ2) is 5.41. The fourth-order valence-corrected chi connectivity index (χ4v) is 1.80. The predicted octanol–water partition coefficient (Wildman–Crippen LogP) is 3.87. The smallest absolute Gasteiger partial charge is 0.122 e. The number of hydrogen-bond donors (Lipinski definition) is 0. The Balaban J connectivity index is 2.85. The van der Waals surface area contributed by atoms with Crippen LogP contribution in [0.2, 0.25) is 0 Å². The molecule has 2 heteroatoms. The summed E-state index contributed by atoms with van der Waals surface area (Å²) in [6.45, 7) is 6.23. The van der Waals surface area contributed by atoms with Crippen molar-refractivity contribution in [2.45, 2.75) is 39.0 Å². The molecule has 1 nitrogen and oxygen atoms in total. The fraction of sp³-hybridized carbons (Fsp3) is 0.538. The van der Waals surface area contributed by atoms with E-state index in [1.165, 1.54) is 16.7 Å². The fourth-order valence-electron chi connectivity index (χ4n) is 1.69. The summed E-state index contributed by atoms with van der Waals surface area (Å²) in [6, 6.07) is 4.30. The number of alkyl halides is 1. The molecule has 0 radical (unpaired) electrons. The van der Waals surface area contributed by atoms with E-state index < -0.39 is 0 Å². The molecule has 1 aromatic rings. The Morgan fingerprint density at radius 2 is 1.93 bits per heavy atom. The van der Waals surface area contributed by atoms with Gasteiger partial charge in [-0.3, -0.25) is 0 Å². The van der Waals surface area contributed by atoms with Gasteiger partial charge in [0.1, 0.15) is 5.75 Å². The Bertz CT molecular complexity index is 332.